The number of benzene rings is 1. The minimum Gasteiger partial charge on any atom is -0.497 e. The number of likely N-dealkylation sites (tertiary alicyclic amines) is 1. The number of ether oxygens (including phenoxy) is 1. The molecule has 1 aromatic carbocycles. The van der Waals surface area contributed by atoms with E-state index in [1.54, 1.807) is 7.11 Å². The van der Waals surface area contributed by atoms with Crippen LogP contribution in [-0.4, -0.2) is 41.3 Å². The van der Waals surface area contributed by atoms with Crippen molar-refractivity contribution in [1.82, 2.24) is 15.0 Å². The molecule has 0 aliphatic carbocycles. The second-order valence-corrected chi connectivity index (χ2v) is 5.88. The number of hydrogen-bond acceptors (Lipinski definition) is 6. The molecule has 1 aliphatic heterocycles. The highest BCUT2D eigenvalue weighted by atomic mass is 16.5. The average Bonchev–Trinajstić information content (AvgIpc) is 3.17. The Balaban J connectivity index is 1.64. The van der Waals surface area contributed by atoms with Crippen molar-refractivity contribution in [2.75, 3.05) is 20.2 Å². The molecule has 2 heterocycles. The lowest BCUT2D eigenvalue weighted by atomic mass is 10.0. The van der Waals surface area contributed by atoms with E-state index in [1.165, 1.54) is 0 Å². The number of rotatable bonds is 5. The number of nitrogens with zero attached hydrogens (tertiary/aromatic N) is 3. The zero-order valence-electron chi connectivity index (χ0n) is 13.0. The van der Waals surface area contributed by atoms with E-state index in [1.807, 2.05) is 24.3 Å². The Morgan fingerprint density at radius 3 is 2.82 bits per heavy atom. The molecule has 0 bridgehead atoms. The van der Waals surface area contributed by atoms with Crippen LogP contribution in [0, 0.1) is 5.92 Å². The van der Waals surface area contributed by atoms with Crippen LogP contribution < -0.4 is 10.5 Å². The van der Waals surface area contributed by atoms with Crippen molar-refractivity contribution in [2.45, 2.75) is 25.9 Å². The third-order valence-corrected chi connectivity index (χ3v) is 4.23. The molecule has 22 heavy (non-hydrogen) atoms. The molecule has 1 aromatic heterocycles. The maximum Gasteiger partial charge on any atom is 0.241 e. The first kappa shape index (κ1) is 15.0. The van der Waals surface area contributed by atoms with Crippen molar-refractivity contribution in [1.29, 1.82) is 0 Å². The van der Waals surface area contributed by atoms with Crippen LogP contribution in [0.15, 0.2) is 28.8 Å². The Hall–Kier alpha value is -1.92. The lowest BCUT2D eigenvalue weighted by Crippen LogP contribution is -2.29. The second kappa shape index (κ2) is 6.46. The molecule has 6 nitrogen and oxygen atoms in total. The summed E-state index contributed by atoms with van der Waals surface area (Å²) in [6.45, 7) is 4.79. The number of hydrogen-bond donors (Lipinski definition) is 1. The summed E-state index contributed by atoms with van der Waals surface area (Å²) >= 11 is 0. The summed E-state index contributed by atoms with van der Waals surface area (Å²) in [5, 5.41) is 4.06. The summed E-state index contributed by atoms with van der Waals surface area (Å²) in [4.78, 5) is 6.80. The Morgan fingerprint density at radius 1 is 1.41 bits per heavy atom. The maximum atomic E-state index is 5.97. The number of methoxy groups -OCH3 is 1. The number of aromatic nitrogens is 2. The molecule has 2 aromatic rings. The molecule has 2 unspecified atom stereocenters. The van der Waals surface area contributed by atoms with Gasteiger partial charge in [-0.2, -0.15) is 4.98 Å². The van der Waals surface area contributed by atoms with E-state index in [9.17, 15) is 0 Å². The molecule has 1 saturated heterocycles. The summed E-state index contributed by atoms with van der Waals surface area (Å²) in [5.41, 5.74) is 6.89. The predicted molar refractivity (Wildman–Crippen MR) is 83.3 cm³/mol. The van der Waals surface area contributed by atoms with Gasteiger partial charge in [-0.3, -0.25) is 4.90 Å². The summed E-state index contributed by atoms with van der Waals surface area (Å²) in [6.07, 6.45) is 1.14. The fourth-order valence-electron chi connectivity index (χ4n) is 2.80. The second-order valence-electron chi connectivity index (χ2n) is 5.88. The van der Waals surface area contributed by atoms with Crippen LogP contribution in [0.3, 0.4) is 0 Å². The van der Waals surface area contributed by atoms with E-state index in [2.05, 4.69) is 22.0 Å². The monoisotopic (exact) mass is 302 g/mol. The van der Waals surface area contributed by atoms with Crippen LogP contribution in [-0.2, 0) is 6.54 Å². The molecule has 0 amide bonds. The topological polar surface area (TPSA) is 77.4 Å². The highest BCUT2D eigenvalue weighted by molar-refractivity contribution is 5.55. The van der Waals surface area contributed by atoms with E-state index in [0.29, 0.717) is 24.2 Å². The van der Waals surface area contributed by atoms with Crippen LogP contribution in [0.4, 0.5) is 0 Å². The Kier molecular flexibility index (Phi) is 4.40. The van der Waals surface area contributed by atoms with Gasteiger partial charge < -0.3 is 15.0 Å². The standard InChI is InChI=1S/C16H22N4O2/c1-11(17)13-7-8-20(9-13)10-15-18-16(19-22-15)12-3-5-14(21-2)6-4-12/h3-6,11,13H,7-10,17H2,1-2H3. The van der Waals surface area contributed by atoms with Crippen LogP contribution in [0.2, 0.25) is 0 Å². The maximum absolute atomic E-state index is 5.97. The molecular formula is C16H22N4O2. The lowest BCUT2D eigenvalue weighted by molar-refractivity contribution is 0.257. The fourth-order valence-corrected chi connectivity index (χ4v) is 2.80. The average molecular weight is 302 g/mol. The summed E-state index contributed by atoms with van der Waals surface area (Å²) in [6, 6.07) is 7.87. The summed E-state index contributed by atoms with van der Waals surface area (Å²) < 4.78 is 10.5. The van der Waals surface area contributed by atoms with E-state index in [-0.39, 0.29) is 6.04 Å². The minimum atomic E-state index is 0.238. The van der Waals surface area contributed by atoms with Crippen molar-refractivity contribution < 1.29 is 9.26 Å². The van der Waals surface area contributed by atoms with Gasteiger partial charge in [0.15, 0.2) is 0 Å². The Labute approximate surface area is 130 Å². The van der Waals surface area contributed by atoms with E-state index >= 15 is 0 Å². The molecule has 118 valence electrons. The lowest BCUT2D eigenvalue weighted by Gasteiger charge is -2.15. The van der Waals surface area contributed by atoms with Gasteiger partial charge in [-0.25, -0.2) is 0 Å². The normalized spacial score (nSPS) is 20.2. The SMILES string of the molecule is COc1ccc(-c2noc(CN3CCC(C(C)N)C3)n2)cc1. The molecule has 0 spiro atoms. The van der Waals surface area contributed by atoms with E-state index < -0.39 is 0 Å². The van der Waals surface area contributed by atoms with Gasteiger partial charge in [0.1, 0.15) is 5.75 Å². The van der Waals surface area contributed by atoms with Crippen molar-refractivity contribution in [3.8, 4) is 17.1 Å². The van der Waals surface area contributed by atoms with Gasteiger partial charge in [0.05, 0.1) is 13.7 Å². The van der Waals surface area contributed by atoms with Gasteiger partial charge >= 0.3 is 0 Å². The van der Waals surface area contributed by atoms with E-state index in [4.69, 9.17) is 15.0 Å². The van der Waals surface area contributed by atoms with Crippen LogP contribution in [0.25, 0.3) is 11.4 Å². The zero-order chi connectivity index (χ0) is 15.5. The molecule has 0 radical (unpaired) electrons. The smallest absolute Gasteiger partial charge is 0.241 e. The molecule has 1 aliphatic rings. The van der Waals surface area contributed by atoms with Gasteiger partial charge in [0, 0.05) is 18.2 Å². The van der Waals surface area contributed by atoms with Crippen LogP contribution >= 0.6 is 0 Å². The number of nitrogens with two attached hydrogens (primary N) is 1. The third-order valence-electron chi connectivity index (χ3n) is 4.23. The zero-order valence-corrected chi connectivity index (χ0v) is 13.0. The molecule has 1 fully saturated rings. The molecule has 3 rings (SSSR count). The van der Waals surface area contributed by atoms with Crippen LogP contribution in [0.5, 0.6) is 5.75 Å². The Bertz CT molecular complexity index is 609. The highest BCUT2D eigenvalue weighted by Gasteiger charge is 2.26. The predicted octanol–water partition coefficient (Wildman–Crippen LogP) is 1.91. The summed E-state index contributed by atoms with van der Waals surface area (Å²) in [7, 11) is 1.65. The molecule has 0 saturated carbocycles. The van der Waals surface area contributed by atoms with Gasteiger partial charge in [-0.05, 0) is 50.1 Å². The van der Waals surface area contributed by atoms with Gasteiger partial charge in [-0.15, -0.1) is 0 Å². The molecule has 6 heteroatoms. The third kappa shape index (κ3) is 3.28. The van der Waals surface area contributed by atoms with Gasteiger partial charge in [0.25, 0.3) is 0 Å². The van der Waals surface area contributed by atoms with Crippen LogP contribution in [0.1, 0.15) is 19.2 Å². The first-order valence-corrected chi connectivity index (χ1v) is 7.60. The first-order chi connectivity index (χ1) is 10.7. The Morgan fingerprint density at radius 2 is 2.18 bits per heavy atom. The molecular weight excluding hydrogens is 280 g/mol. The first-order valence-electron chi connectivity index (χ1n) is 7.60. The van der Waals surface area contributed by atoms with E-state index in [0.717, 1.165) is 30.8 Å². The highest BCUT2D eigenvalue weighted by Crippen LogP contribution is 2.22. The van der Waals surface area contributed by atoms with Crippen molar-refractivity contribution in [2.24, 2.45) is 11.7 Å². The van der Waals surface area contributed by atoms with Gasteiger partial charge in [0.2, 0.25) is 11.7 Å². The van der Waals surface area contributed by atoms with Gasteiger partial charge in [-0.1, -0.05) is 5.16 Å². The quantitative estimate of drug-likeness (QED) is 0.909. The van der Waals surface area contributed by atoms with Crippen molar-refractivity contribution >= 4 is 0 Å². The fraction of sp³-hybridized carbons (Fsp3) is 0.500. The van der Waals surface area contributed by atoms with Crippen molar-refractivity contribution in [3.05, 3.63) is 30.2 Å². The molecule has 2 N–H and O–H groups in total. The molecule has 2 atom stereocenters. The van der Waals surface area contributed by atoms with Crippen molar-refractivity contribution in [3.63, 3.8) is 0 Å². The largest absolute Gasteiger partial charge is 0.497 e. The minimum absolute atomic E-state index is 0.238. The summed E-state index contributed by atoms with van der Waals surface area (Å²) in [5.74, 6) is 2.63.